The van der Waals surface area contributed by atoms with Crippen LogP contribution in [0.4, 0.5) is 10.5 Å². The second-order valence-corrected chi connectivity index (χ2v) is 12.5. The molecule has 212 valence electrons. The molecule has 0 radical (unpaired) electrons. The number of sulfone groups is 1. The molecule has 0 aromatic heterocycles. The SMILES string of the molecule is Cc1ccc(CC(c2ccc(CN(Cc3ccccc3)C(=O)Nc3ccccc3)cc2)S(=O)(=O)c2ccccc2)cc1. The van der Waals surface area contributed by atoms with Gasteiger partial charge in [-0.15, -0.1) is 0 Å². The van der Waals surface area contributed by atoms with E-state index >= 15 is 0 Å². The smallest absolute Gasteiger partial charge is 0.316 e. The van der Waals surface area contributed by atoms with E-state index in [1.807, 2.05) is 122 Å². The quantitative estimate of drug-likeness (QED) is 0.184. The number of para-hydroxylation sites is 1. The van der Waals surface area contributed by atoms with Gasteiger partial charge in [0.25, 0.3) is 0 Å². The number of anilines is 1. The summed E-state index contributed by atoms with van der Waals surface area (Å²) in [6, 6.07) is 43.2. The lowest BCUT2D eigenvalue weighted by molar-refractivity contribution is 0.206. The Hall–Kier alpha value is -4.68. The van der Waals surface area contributed by atoms with E-state index in [0.29, 0.717) is 30.0 Å². The van der Waals surface area contributed by atoms with Crippen LogP contribution in [0.15, 0.2) is 144 Å². The summed E-state index contributed by atoms with van der Waals surface area (Å²) < 4.78 is 27.7. The zero-order valence-corrected chi connectivity index (χ0v) is 24.4. The molecule has 5 aromatic rings. The predicted molar refractivity (Wildman–Crippen MR) is 169 cm³/mol. The van der Waals surface area contributed by atoms with Crippen LogP contribution < -0.4 is 5.32 Å². The second-order valence-electron chi connectivity index (χ2n) is 10.4. The lowest BCUT2D eigenvalue weighted by Crippen LogP contribution is -2.34. The maximum atomic E-state index is 13.9. The number of benzene rings is 5. The van der Waals surface area contributed by atoms with Crippen LogP contribution in [0.25, 0.3) is 0 Å². The van der Waals surface area contributed by atoms with Crippen molar-refractivity contribution in [2.75, 3.05) is 5.32 Å². The number of nitrogens with zero attached hydrogens (tertiary/aromatic N) is 1. The van der Waals surface area contributed by atoms with Gasteiger partial charge in [-0.05, 0) is 59.9 Å². The molecule has 0 aliphatic rings. The average Bonchev–Trinajstić information content (AvgIpc) is 3.02. The Labute approximate surface area is 248 Å². The molecule has 0 bridgehead atoms. The molecule has 1 unspecified atom stereocenters. The zero-order valence-electron chi connectivity index (χ0n) is 23.6. The van der Waals surface area contributed by atoms with Crippen LogP contribution in [0, 0.1) is 6.92 Å². The number of hydrogen-bond donors (Lipinski definition) is 1. The van der Waals surface area contributed by atoms with Crippen LogP contribution in [0.2, 0.25) is 0 Å². The third-order valence-corrected chi connectivity index (χ3v) is 9.36. The Balaban J connectivity index is 1.41. The summed E-state index contributed by atoms with van der Waals surface area (Å²) in [6.45, 7) is 2.81. The van der Waals surface area contributed by atoms with Gasteiger partial charge < -0.3 is 10.2 Å². The minimum Gasteiger partial charge on any atom is -0.316 e. The van der Waals surface area contributed by atoms with E-state index in [2.05, 4.69) is 5.32 Å². The first kappa shape index (κ1) is 28.8. The fourth-order valence-corrected chi connectivity index (χ4v) is 6.70. The number of carbonyl (C=O) groups is 1. The maximum absolute atomic E-state index is 13.9. The van der Waals surface area contributed by atoms with Crippen LogP contribution in [0.5, 0.6) is 0 Å². The lowest BCUT2D eigenvalue weighted by Gasteiger charge is -2.24. The molecule has 0 fully saturated rings. The van der Waals surface area contributed by atoms with E-state index in [-0.39, 0.29) is 6.03 Å². The van der Waals surface area contributed by atoms with E-state index in [0.717, 1.165) is 27.9 Å². The van der Waals surface area contributed by atoms with E-state index in [1.165, 1.54) is 0 Å². The highest BCUT2D eigenvalue weighted by molar-refractivity contribution is 7.91. The van der Waals surface area contributed by atoms with Crippen molar-refractivity contribution in [3.05, 3.63) is 167 Å². The summed E-state index contributed by atoms with van der Waals surface area (Å²) in [5.41, 5.74) is 5.45. The number of aryl methyl sites for hydroxylation is 1. The monoisotopic (exact) mass is 574 g/mol. The molecule has 6 heteroatoms. The largest absolute Gasteiger partial charge is 0.322 e. The van der Waals surface area contributed by atoms with Gasteiger partial charge in [0.1, 0.15) is 0 Å². The van der Waals surface area contributed by atoms with Gasteiger partial charge in [0.2, 0.25) is 0 Å². The molecule has 42 heavy (non-hydrogen) atoms. The third-order valence-electron chi connectivity index (χ3n) is 7.24. The van der Waals surface area contributed by atoms with Crippen LogP contribution >= 0.6 is 0 Å². The topological polar surface area (TPSA) is 66.5 Å². The van der Waals surface area contributed by atoms with E-state index in [4.69, 9.17) is 0 Å². The van der Waals surface area contributed by atoms with Crippen molar-refractivity contribution in [2.24, 2.45) is 0 Å². The van der Waals surface area contributed by atoms with Gasteiger partial charge in [-0.25, -0.2) is 13.2 Å². The minimum absolute atomic E-state index is 0.210. The van der Waals surface area contributed by atoms with Crippen molar-refractivity contribution in [1.82, 2.24) is 4.90 Å². The number of nitrogens with one attached hydrogen (secondary N) is 1. The van der Waals surface area contributed by atoms with E-state index in [1.54, 1.807) is 29.2 Å². The van der Waals surface area contributed by atoms with Crippen LogP contribution in [0.3, 0.4) is 0 Å². The molecule has 0 aliphatic carbocycles. The van der Waals surface area contributed by atoms with Crippen molar-refractivity contribution >= 4 is 21.6 Å². The normalized spacial score (nSPS) is 11.9. The fourth-order valence-electron chi connectivity index (χ4n) is 4.90. The lowest BCUT2D eigenvalue weighted by atomic mass is 10.0. The van der Waals surface area contributed by atoms with E-state index in [9.17, 15) is 13.2 Å². The molecule has 5 rings (SSSR count). The van der Waals surface area contributed by atoms with Crippen molar-refractivity contribution in [2.45, 2.75) is 36.6 Å². The van der Waals surface area contributed by atoms with Crippen molar-refractivity contribution < 1.29 is 13.2 Å². The van der Waals surface area contributed by atoms with Crippen LogP contribution in [0.1, 0.15) is 33.1 Å². The Kier molecular flexibility index (Phi) is 9.15. The molecule has 2 amide bonds. The molecule has 0 spiro atoms. The van der Waals surface area contributed by atoms with Gasteiger partial charge in [0, 0.05) is 18.8 Å². The Morgan fingerprint density at radius 1 is 0.643 bits per heavy atom. The number of urea groups is 1. The molecule has 1 atom stereocenters. The molecular weight excluding hydrogens is 540 g/mol. The summed E-state index contributed by atoms with van der Waals surface area (Å²) >= 11 is 0. The summed E-state index contributed by atoms with van der Waals surface area (Å²) in [5.74, 6) is 0. The number of amides is 2. The average molecular weight is 575 g/mol. The van der Waals surface area contributed by atoms with Gasteiger partial charge in [-0.2, -0.15) is 0 Å². The van der Waals surface area contributed by atoms with Crippen LogP contribution in [-0.2, 0) is 29.3 Å². The molecule has 5 aromatic carbocycles. The molecule has 0 heterocycles. The maximum Gasteiger partial charge on any atom is 0.322 e. The highest BCUT2D eigenvalue weighted by atomic mass is 32.2. The molecule has 0 saturated heterocycles. The van der Waals surface area contributed by atoms with Gasteiger partial charge in [0.05, 0.1) is 10.1 Å². The summed E-state index contributed by atoms with van der Waals surface area (Å²) in [4.78, 5) is 15.4. The summed E-state index contributed by atoms with van der Waals surface area (Å²) in [7, 11) is -3.66. The first-order valence-corrected chi connectivity index (χ1v) is 15.5. The Morgan fingerprint density at radius 3 is 1.74 bits per heavy atom. The fraction of sp³-hybridized carbons (Fsp3) is 0.139. The van der Waals surface area contributed by atoms with Crippen LogP contribution in [-0.4, -0.2) is 19.3 Å². The predicted octanol–water partition coefficient (Wildman–Crippen LogP) is 7.99. The van der Waals surface area contributed by atoms with Gasteiger partial charge in [-0.3, -0.25) is 0 Å². The van der Waals surface area contributed by atoms with Crippen molar-refractivity contribution in [1.29, 1.82) is 0 Å². The zero-order chi connectivity index (χ0) is 29.4. The van der Waals surface area contributed by atoms with E-state index < -0.39 is 15.1 Å². The number of rotatable bonds is 10. The Morgan fingerprint density at radius 2 is 1.14 bits per heavy atom. The van der Waals surface area contributed by atoms with Crippen molar-refractivity contribution in [3.63, 3.8) is 0 Å². The van der Waals surface area contributed by atoms with Gasteiger partial charge >= 0.3 is 6.03 Å². The van der Waals surface area contributed by atoms with Crippen molar-refractivity contribution in [3.8, 4) is 0 Å². The summed E-state index contributed by atoms with van der Waals surface area (Å²) in [6.07, 6.45) is 0.358. The minimum atomic E-state index is -3.66. The molecule has 0 saturated carbocycles. The summed E-state index contributed by atoms with van der Waals surface area (Å²) in [5, 5.41) is 2.24. The standard InChI is InChI=1S/C36H34N2O3S/c1-28-17-19-29(20-18-28)25-35(42(40,41)34-15-9-4-10-16-34)32-23-21-31(22-24-32)27-38(26-30-11-5-2-6-12-30)36(39)37-33-13-7-3-8-14-33/h2-24,35H,25-27H2,1H3,(H,37,39). The molecule has 1 N–H and O–H groups in total. The first-order valence-electron chi connectivity index (χ1n) is 14.0. The first-order chi connectivity index (χ1) is 20.4. The van der Waals surface area contributed by atoms with Gasteiger partial charge in [0.15, 0.2) is 9.84 Å². The molecular formula is C36H34N2O3S. The molecule has 5 nitrogen and oxygen atoms in total. The number of carbonyl (C=O) groups excluding carboxylic acids is 1. The number of hydrogen-bond acceptors (Lipinski definition) is 3. The highest BCUT2D eigenvalue weighted by Gasteiger charge is 2.29. The second kappa shape index (κ2) is 13.3. The van der Waals surface area contributed by atoms with Gasteiger partial charge in [-0.1, -0.05) is 121 Å². The Bertz CT molecular complexity index is 1690. The molecule has 0 aliphatic heterocycles. The highest BCUT2D eigenvalue weighted by Crippen LogP contribution is 2.32. The third kappa shape index (κ3) is 7.33.